The number of thioether (sulfide) groups is 1. The number of carbonyl (C=O) groups is 3. The number of hydrogen-bond acceptors (Lipinski definition) is 7. The van der Waals surface area contributed by atoms with Gasteiger partial charge in [0.1, 0.15) is 29.7 Å². The second-order valence-corrected chi connectivity index (χ2v) is 15.5. The number of imidazole rings is 1. The minimum absolute atomic E-state index is 0. The number of benzene rings is 3. The number of aromatic nitrogens is 2. The van der Waals surface area contributed by atoms with Crippen LogP contribution in [0.1, 0.15) is 55.5 Å². The van der Waals surface area contributed by atoms with E-state index in [2.05, 4.69) is 16.0 Å². The van der Waals surface area contributed by atoms with Crippen LogP contribution in [0.4, 0.5) is 9.59 Å². The molecule has 1 atom stereocenters. The molecular weight excluding hydrogens is 709 g/mol. The molecule has 5 fully saturated rings. The van der Waals surface area contributed by atoms with Crippen LogP contribution in [0.15, 0.2) is 66.7 Å². The van der Waals surface area contributed by atoms with Crippen LogP contribution in [-0.2, 0) is 31.3 Å². The molecular formula is C38H43Cl2N5O5S. The Labute approximate surface area is 314 Å². The molecule has 0 radical (unpaired) electrons. The first kappa shape index (κ1) is 36.8. The number of amides is 4. The van der Waals surface area contributed by atoms with Gasteiger partial charge in [0.2, 0.25) is 5.91 Å². The number of nitrogens with zero attached hydrogens (tertiary/aromatic N) is 2. The monoisotopic (exact) mass is 751 g/mol. The molecule has 4 aliphatic carbocycles. The SMILES string of the molecule is Cl.Cl.Cn1c(COc2ccc(CC3SC(=O)NC3=O)cc2)nc2ccc(Oc3ccc(CCNC(=O)NC45CC6CC(CC(C6)C4)C5)cc3)cc21. The van der Waals surface area contributed by atoms with Crippen molar-refractivity contribution in [2.24, 2.45) is 24.8 Å². The zero-order chi connectivity index (χ0) is 33.5. The first-order valence-corrected chi connectivity index (χ1v) is 18.2. The van der Waals surface area contributed by atoms with Gasteiger partial charge in [0, 0.05) is 25.2 Å². The first-order valence-electron chi connectivity index (χ1n) is 17.3. The third-order valence-corrected chi connectivity index (χ3v) is 11.7. The van der Waals surface area contributed by atoms with Crippen molar-refractivity contribution >= 4 is 64.8 Å². The number of halogens is 2. The quantitative estimate of drug-likeness (QED) is 0.145. The third-order valence-electron chi connectivity index (χ3n) is 10.7. The number of fused-ring (bicyclic) bond motifs is 1. The van der Waals surface area contributed by atoms with Gasteiger partial charge in [-0.25, -0.2) is 9.78 Å². The van der Waals surface area contributed by atoms with Crippen LogP contribution in [0.3, 0.4) is 0 Å². The number of aryl methyl sites for hydroxylation is 1. The highest BCUT2D eigenvalue weighted by atomic mass is 35.5. The molecule has 1 saturated heterocycles. The van der Waals surface area contributed by atoms with E-state index in [1.807, 2.05) is 78.3 Å². The molecule has 1 aromatic heterocycles. The van der Waals surface area contributed by atoms with E-state index in [-0.39, 0.29) is 54.1 Å². The lowest BCUT2D eigenvalue weighted by atomic mass is 9.53. The molecule has 4 amide bonds. The van der Waals surface area contributed by atoms with Crippen molar-refractivity contribution in [2.75, 3.05) is 6.54 Å². The van der Waals surface area contributed by atoms with Gasteiger partial charge < -0.3 is 24.7 Å². The Morgan fingerprint density at radius 2 is 1.53 bits per heavy atom. The van der Waals surface area contributed by atoms with Gasteiger partial charge in [-0.15, -0.1) is 24.8 Å². The summed E-state index contributed by atoms with van der Waals surface area (Å²) in [5, 5.41) is 8.13. The summed E-state index contributed by atoms with van der Waals surface area (Å²) in [6.45, 7) is 0.881. The van der Waals surface area contributed by atoms with Gasteiger partial charge in [0.05, 0.1) is 16.3 Å². The molecule has 9 rings (SSSR count). The molecule has 51 heavy (non-hydrogen) atoms. The molecule has 1 aliphatic heterocycles. The number of imide groups is 1. The van der Waals surface area contributed by atoms with Gasteiger partial charge in [0.15, 0.2) is 0 Å². The maximum Gasteiger partial charge on any atom is 0.315 e. The summed E-state index contributed by atoms with van der Waals surface area (Å²) >= 11 is 1.03. The van der Waals surface area contributed by atoms with Gasteiger partial charge in [-0.3, -0.25) is 14.9 Å². The molecule has 270 valence electrons. The first-order chi connectivity index (χ1) is 23.8. The highest BCUT2D eigenvalue weighted by Gasteiger charge is 2.51. The van der Waals surface area contributed by atoms with Crippen molar-refractivity contribution in [3.05, 3.63) is 83.7 Å². The van der Waals surface area contributed by atoms with Crippen molar-refractivity contribution in [1.82, 2.24) is 25.5 Å². The lowest BCUT2D eigenvalue weighted by Gasteiger charge is -2.56. The zero-order valence-electron chi connectivity index (χ0n) is 28.4. The van der Waals surface area contributed by atoms with Crippen LogP contribution in [0, 0.1) is 17.8 Å². The van der Waals surface area contributed by atoms with Gasteiger partial charge >= 0.3 is 6.03 Å². The summed E-state index contributed by atoms with van der Waals surface area (Å²) < 4.78 is 14.2. The number of ether oxygens (including phenoxy) is 2. The average molecular weight is 753 g/mol. The Morgan fingerprint density at radius 1 is 0.902 bits per heavy atom. The lowest BCUT2D eigenvalue weighted by molar-refractivity contribution is -0.118. The van der Waals surface area contributed by atoms with Gasteiger partial charge in [-0.05, 0) is 117 Å². The van der Waals surface area contributed by atoms with Crippen molar-refractivity contribution in [2.45, 2.75) is 68.8 Å². The summed E-state index contributed by atoms with van der Waals surface area (Å²) in [5.74, 6) is 5.11. The molecule has 4 aromatic rings. The second-order valence-electron chi connectivity index (χ2n) is 14.3. The summed E-state index contributed by atoms with van der Waals surface area (Å²) in [4.78, 5) is 40.8. The van der Waals surface area contributed by atoms with Crippen molar-refractivity contribution in [3.63, 3.8) is 0 Å². The minimum Gasteiger partial charge on any atom is -0.486 e. The van der Waals surface area contributed by atoms with Crippen molar-refractivity contribution < 1.29 is 23.9 Å². The zero-order valence-corrected chi connectivity index (χ0v) is 30.8. The maximum atomic E-state index is 12.8. The maximum absolute atomic E-state index is 12.8. The summed E-state index contributed by atoms with van der Waals surface area (Å²) in [6, 6.07) is 21.4. The Morgan fingerprint density at radius 3 is 2.18 bits per heavy atom. The summed E-state index contributed by atoms with van der Waals surface area (Å²) in [5.41, 5.74) is 3.91. The molecule has 4 bridgehead atoms. The predicted molar refractivity (Wildman–Crippen MR) is 202 cm³/mol. The fraction of sp³-hybridized carbons (Fsp3) is 0.421. The molecule has 13 heteroatoms. The van der Waals surface area contributed by atoms with Crippen molar-refractivity contribution in [3.8, 4) is 17.2 Å². The molecule has 0 spiro atoms. The van der Waals surface area contributed by atoms with Crippen LogP contribution in [0.5, 0.6) is 17.2 Å². The van der Waals surface area contributed by atoms with Crippen LogP contribution in [0.2, 0.25) is 0 Å². The Balaban J connectivity index is 0.00000224. The number of nitrogens with one attached hydrogen (secondary N) is 3. The summed E-state index contributed by atoms with van der Waals surface area (Å²) in [6.07, 6.45) is 8.81. The Hall–Kier alpha value is -3.93. The van der Waals surface area contributed by atoms with Crippen molar-refractivity contribution in [1.29, 1.82) is 0 Å². The van der Waals surface area contributed by atoms with Gasteiger partial charge in [0.25, 0.3) is 5.24 Å². The normalized spacial score (nSPS) is 24.4. The summed E-state index contributed by atoms with van der Waals surface area (Å²) in [7, 11) is 1.96. The average Bonchev–Trinajstić information content (AvgIpc) is 3.56. The number of hydrogen-bond donors (Lipinski definition) is 3. The lowest BCUT2D eigenvalue weighted by Crippen LogP contribution is -2.61. The molecule has 2 heterocycles. The van der Waals surface area contributed by atoms with E-state index in [0.29, 0.717) is 24.5 Å². The van der Waals surface area contributed by atoms with Crippen LogP contribution in [-0.4, -0.2) is 44.1 Å². The standard InChI is InChI=1S/C38H41N5O5S.2ClH/c1-43-32-18-30(10-11-31(32)40-34(43)22-47-28-6-4-24(5-7-28)17-33-35(44)41-37(46)49-33)48-29-8-2-23(3-9-29)12-13-39-36(45)42-38-19-25-14-26(20-38)16-27(15-25)21-38;;/h2-11,18,25-27,33H,12-17,19-22H2,1H3,(H2,39,42,45)(H,41,44,46);2*1H. The van der Waals surface area contributed by atoms with E-state index in [1.54, 1.807) is 0 Å². The smallest absolute Gasteiger partial charge is 0.315 e. The minimum atomic E-state index is -0.392. The van der Waals surface area contributed by atoms with E-state index in [9.17, 15) is 14.4 Å². The van der Waals surface area contributed by atoms with Gasteiger partial charge in [-0.2, -0.15) is 0 Å². The fourth-order valence-corrected chi connectivity index (χ4v) is 9.61. The van der Waals surface area contributed by atoms with E-state index in [4.69, 9.17) is 14.5 Å². The van der Waals surface area contributed by atoms with Gasteiger partial charge in [-0.1, -0.05) is 36.0 Å². The van der Waals surface area contributed by atoms with E-state index < -0.39 is 5.25 Å². The number of urea groups is 1. The fourth-order valence-electron chi connectivity index (χ4n) is 8.75. The molecule has 1 unspecified atom stereocenters. The number of carbonyl (C=O) groups excluding carboxylic acids is 3. The molecule has 5 aliphatic rings. The van der Waals surface area contributed by atoms with E-state index in [0.717, 1.165) is 88.9 Å². The van der Waals surface area contributed by atoms with Crippen LogP contribution in [0.25, 0.3) is 11.0 Å². The highest BCUT2D eigenvalue weighted by Crippen LogP contribution is 2.55. The van der Waals surface area contributed by atoms with Crippen LogP contribution < -0.4 is 25.4 Å². The topological polar surface area (TPSA) is 124 Å². The Kier molecular flexibility index (Phi) is 11.1. The van der Waals surface area contributed by atoms with E-state index in [1.165, 1.54) is 19.3 Å². The second kappa shape index (κ2) is 15.4. The molecule has 3 N–H and O–H groups in total. The molecule has 10 nitrogen and oxygen atoms in total. The molecule has 4 saturated carbocycles. The highest BCUT2D eigenvalue weighted by molar-refractivity contribution is 8.15. The Bertz CT molecular complexity index is 1870. The number of rotatable bonds is 11. The largest absolute Gasteiger partial charge is 0.486 e. The third kappa shape index (κ3) is 8.26. The van der Waals surface area contributed by atoms with Crippen LogP contribution >= 0.6 is 36.6 Å². The van der Waals surface area contributed by atoms with E-state index >= 15 is 0 Å². The molecule has 3 aromatic carbocycles. The predicted octanol–water partition coefficient (Wildman–Crippen LogP) is 7.49.